The zero-order valence-corrected chi connectivity index (χ0v) is 21.2. The van der Waals surface area contributed by atoms with Gasteiger partial charge in [-0.3, -0.25) is 0 Å². The lowest BCUT2D eigenvalue weighted by Gasteiger charge is -2.09. The lowest BCUT2D eigenvalue weighted by molar-refractivity contribution is 0.448. The molecular formula is C29H31ClN4O. The second kappa shape index (κ2) is 10.1. The monoisotopic (exact) mass is 486 g/mol. The van der Waals surface area contributed by atoms with Crippen molar-refractivity contribution in [3.8, 4) is 22.9 Å². The topological polar surface area (TPSA) is 54.9 Å². The van der Waals surface area contributed by atoms with Crippen molar-refractivity contribution in [1.29, 1.82) is 0 Å². The molecule has 2 N–H and O–H groups in total. The van der Waals surface area contributed by atoms with Gasteiger partial charge in [0.1, 0.15) is 5.75 Å². The highest BCUT2D eigenvalue weighted by Gasteiger charge is 2.12. The van der Waals surface area contributed by atoms with Gasteiger partial charge in [0.2, 0.25) is 0 Å². The van der Waals surface area contributed by atoms with Crippen LogP contribution in [0.3, 0.4) is 0 Å². The van der Waals surface area contributed by atoms with Gasteiger partial charge in [-0.15, -0.1) is 0 Å². The van der Waals surface area contributed by atoms with Gasteiger partial charge in [-0.1, -0.05) is 30.2 Å². The van der Waals surface area contributed by atoms with E-state index in [-0.39, 0.29) is 0 Å². The number of nitrogens with one attached hydrogen (secondary N) is 2. The molecule has 0 amide bonds. The van der Waals surface area contributed by atoms with E-state index in [0.29, 0.717) is 11.0 Å². The van der Waals surface area contributed by atoms with E-state index in [9.17, 15) is 0 Å². The number of hydrogen-bond donors (Lipinski definition) is 2. The molecule has 2 heterocycles. The van der Waals surface area contributed by atoms with Crippen LogP contribution in [0.4, 0.5) is 0 Å². The number of halogens is 1. The van der Waals surface area contributed by atoms with Crippen molar-refractivity contribution in [2.45, 2.75) is 32.6 Å². The van der Waals surface area contributed by atoms with Crippen LogP contribution in [-0.4, -0.2) is 28.1 Å². The predicted molar refractivity (Wildman–Crippen MR) is 146 cm³/mol. The van der Waals surface area contributed by atoms with E-state index in [2.05, 4.69) is 71.4 Å². The average molecular weight is 487 g/mol. The molecule has 0 aliphatic heterocycles. The van der Waals surface area contributed by atoms with E-state index in [4.69, 9.17) is 21.3 Å². The summed E-state index contributed by atoms with van der Waals surface area (Å²) in [6.07, 6.45) is 6.71. The first-order valence-electron chi connectivity index (χ1n) is 12.2. The van der Waals surface area contributed by atoms with Crippen LogP contribution in [0.5, 0.6) is 11.8 Å². The smallest absolute Gasteiger partial charge is 0.300 e. The van der Waals surface area contributed by atoms with Gasteiger partial charge < -0.3 is 19.6 Å². The van der Waals surface area contributed by atoms with Crippen LogP contribution in [0.25, 0.3) is 33.1 Å². The first kappa shape index (κ1) is 23.5. The number of nitrogens with zero attached hydrogens (tertiary/aromatic N) is 2. The van der Waals surface area contributed by atoms with Crippen LogP contribution >= 0.6 is 11.6 Å². The number of imidazole rings is 1. The first-order valence-corrected chi connectivity index (χ1v) is 12.6. The number of benzene rings is 3. The Kier molecular flexibility index (Phi) is 6.80. The molecule has 3 aromatic carbocycles. The number of hydrogen-bond acceptors (Lipinski definition) is 3. The van der Waals surface area contributed by atoms with E-state index < -0.39 is 0 Å². The van der Waals surface area contributed by atoms with Gasteiger partial charge in [0, 0.05) is 29.7 Å². The Morgan fingerprint density at radius 1 is 1.03 bits per heavy atom. The number of ether oxygens (including phenoxy) is 1. The quantitative estimate of drug-likeness (QED) is 0.213. The maximum absolute atomic E-state index is 6.68. The van der Waals surface area contributed by atoms with Crippen molar-refractivity contribution in [1.82, 2.24) is 19.9 Å². The van der Waals surface area contributed by atoms with Crippen LogP contribution in [0.1, 0.15) is 30.4 Å². The Morgan fingerprint density at radius 2 is 1.91 bits per heavy atom. The average Bonchev–Trinajstić information content (AvgIpc) is 3.42. The van der Waals surface area contributed by atoms with Crippen molar-refractivity contribution < 1.29 is 4.74 Å². The van der Waals surface area contributed by atoms with Gasteiger partial charge >= 0.3 is 0 Å². The van der Waals surface area contributed by atoms with Gasteiger partial charge in [0.25, 0.3) is 6.01 Å². The largest absolute Gasteiger partial charge is 0.426 e. The molecule has 0 aliphatic rings. The third kappa shape index (κ3) is 5.07. The molecular weight excluding hydrogens is 456 g/mol. The Balaban J connectivity index is 1.37. The minimum Gasteiger partial charge on any atom is -0.426 e. The van der Waals surface area contributed by atoms with Gasteiger partial charge in [-0.05, 0) is 98.9 Å². The molecule has 0 bridgehead atoms. The van der Waals surface area contributed by atoms with E-state index in [1.165, 1.54) is 41.3 Å². The lowest BCUT2D eigenvalue weighted by Crippen LogP contribution is -2.07. The highest BCUT2D eigenvalue weighted by atomic mass is 35.5. The van der Waals surface area contributed by atoms with Crippen molar-refractivity contribution in [2.75, 3.05) is 13.6 Å². The minimum absolute atomic E-state index is 0.468. The minimum atomic E-state index is 0.468. The van der Waals surface area contributed by atoms with Crippen molar-refractivity contribution in [3.63, 3.8) is 0 Å². The number of rotatable bonds is 9. The molecule has 6 heteroatoms. The fourth-order valence-corrected chi connectivity index (χ4v) is 4.88. The maximum Gasteiger partial charge on any atom is 0.300 e. The predicted octanol–water partition coefficient (Wildman–Crippen LogP) is 7.41. The molecule has 0 saturated heterocycles. The summed E-state index contributed by atoms with van der Waals surface area (Å²) in [6.45, 7) is 3.23. The summed E-state index contributed by atoms with van der Waals surface area (Å²) in [5, 5.41) is 5.07. The van der Waals surface area contributed by atoms with Gasteiger partial charge in [-0.2, -0.15) is 4.98 Å². The van der Waals surface area contributed by atoms with Crippen LogP contribution in [0.2, 0.25) is 5.02 Å². The van der Waals surface area contributed by atoms with Crippen LogP contribution in [0.15, 0.2) is 60.8 Å². The Labute approximate surface area is 211 Å². The fraction of sp³-hybridized carbons (Fsp3) is 0.276. The van der Waals surface area contributed by atoms with Gasteiger partial charge in [0.05, 0.1) is 16.1 Å². The lowest BCUT2D eigenvalue weighted by atomic mass is 10.0. The molecule has 0 saturated carbocycles. The molecule has 5 rings (SSSR count). The van der Waals surface area contributed by atoms with Crippen molar-refractivity contribution >= 4 is 33.5 Å². The van der Waals surface area contributed by atoms with Gasteiger partial charge in [0.15, 0.2) is 0 Å². The number of unbranched alkanes of at least 4 members (excludes halogenated alkanes) is 2. The normalized spacial score (nSPS) is 11.5. The first-order chi connectivity index (χ1) is 17.0. The summed E-state index contributed by atoms with van der Waals surface area (Å²) in [4.78, 5) is 7.97. The van der Waals surface area contributed by atoms with E-state index >= 15 is 0 Å². The molecule has 5 nitrogen and oxygen atoms in total. The highest BCUT2D eigenvalue weighted by Crippen LogP contribution is 2.34. The summed E-state index contributed by atoms with van der Waals surface area (Å²) in [5.74, 6) is 0.792. The molecule has 0 fully saturated rings. The molecule has 0 atom stereocenters. The third-order valence-electron chi connectivity index (χ3n) is 6.65. The molecule has 5 aromatic rings. The molecule has 0 unspecified atom stereocenters. The van der Waals surface area contributed by atoms with E-state index in [0.717, 1.165) is 40.9 Å². The third-order valence-corrected chi connectivity index (χ3v) is 6.97. The SMILES string of the molecule is CNCCCCCc1cc(Oc2nc3cc(-c4ccc5c(ccn5C)c4)c(Cl)cc3[nH]2)ccc1C. The number of fused-ring (bicyclic) bond motifs is 2. The Bertz CT molecular complexity index is 1480. The maximum atomic E-state index is 6.68. The molecule has 180 valence electrons. The summed E-state index contributed by atoms with van der Waals surface area (Å²) in [7, 11) is 4.05. The molecule has 0 aliphatic carbocycles. The standard InChI is InChI=1S/C29H31ClN4O/c1-19-8-10-23(16-20(19)7-5-4-6-13-31-2)35-29-32-26-17-24(25(30)18-27(26)33-29)21-9-11-28-22(15-21)12-14-34(28)3/h8-12,14-18,31H,4-7,13H2,1-3H3,(H,32,33). The number of aromatic nitrogens is 3. The second-order valence-electron chi connectivity index (χ2n) is 9.20. The number of aromatic amines is 1. The van der Waals surface area contributed by atoms with Crippen LogP contribution < -0.4 is 10.1 Å². The number of aryl methyl sites for hydroxylation is 3. The van der Waals surface area contributed by atoms with Gasteiger partial charge in [-0.25, -0.2) is 0 Å². The zero-order chi connectivity index (χ0) is 24.4. The van der Waals surface area contributed by atoms with Crippen LogP contribution in [-0.2, 0) is 13.5 Å². The highest BCUT2D eigenvalue weighted by molar-refractivity contribution is 6.34. The molecule has 2 aromatic heterocycles. The molecule has 0 radical (unpaired) electrons. The summed E-state index contributed by atoms with van der Waals surface area (Å²) >= 11 is 6.68. The Morgan fingerprint density at radius 3 is 2.77 bits per heavy atom. The van der Waals surface area contributed by atoms with Crippen molar-refractivity contribution in [3.05, 3.63) is 76.9 Å². The molecule has 35 heavy (non-hydrogen) atoms. The Hall–Kier alpha value is -3.28. The summed E-state index contributed by atoms with van der Waals surface area (Å²) in [5.41, 5.74) is 7.51. The second-order valence-corrected chi connectivity index (χ2v) is 9.60. The van der Waals surface area contributed by atoms with Crippen LogP contribution in [0, 0.1) is 6.92 Å². The molecule has 0 spiro atoms. The van der Waals surface area contributed by atoms with E-state index in [1.807, 2.05) is 25.2 Å². The van der Waals surface area contributed by atoms with E-state index in [1.54, 1.807) is 0 Å². The van der Waals surface area contributed by atoms with Crippen molar-refractivity contribution in [2.24, 2.45) is 7.05 Å². The summed E-state index contributed by atoms with van der Waals surface area (Å²) < 4.78 is 8.24. The number of H-pyrrole nitrogens is 1. The summed E-state index contributed by atoms with van der Waals surface area (Å²) in [6, 6.07) is 19.2. The zero-order valence-electron chi connectivity index (χ0n) is 20.5. The fourth-order valence-electron chi connectivity index (χ4n) is 4.61.